The Morgan fingerprint density at radius 1 is 1.11 bits per heavy atom. The second-order valence-electron chi connectivity index (χ2n) is 5.99. The number of rotatable bonds is 5. The number of nitrogens with zero attached hydrogens (tertiary/aromatic N) is 5. The van der Waals surface area contributed by atoms with Crippen LogP contribution in [0.3, 0.4) is 0 Å². The molecule has 0 aromatic carbocycles. The van der Waals surface area contributed by atoms with E-state index in [1.165, 1.54) is 6.07 Å². The molecule has 0 unspecified atom stereocenters. The molecule has 4 aromatic rings. The minimum Gasteiger partial charge on any atom is -0.354 e. The highest BCUT2D eigenvalue weighted by molar-refractivity contribution is 5.89. The Bertz CT molecular complexity index is 1110. The van der Waals surface area contributed by atoms with Crippen LogP contribution >= 0.6 is 0 Å². The van der Waals surface area contributed by atoms with E-state index >= 15 is 0 Å². The van der Waals surface area contributed by atoms with Gasteiger partial charge in [0.1, 0.15) is 23.4 Å². The molecule has 0 aliphatic rings. The van der Waals surface area contributed by atoms with Gasteiger partial charge in [-0.3, -0.25) is 14.6 Å². The lowest BCUT2D eigenvalue weighted by atomic mass is 10.2. The Balaban J connectivity index is 1.73. The summed E-state index contributed by atoms with van der Waals surface area (Å²) in [6, 6.07) is 8.25. The molecule has 4 aromatic heterocycles. The van der Waals surface area contributed by atoms with Gasteiger partial charge in [-0.1, -0.05) is 0 Å². The molecule has 4 rings (SSSR count). The van der Waals surface area contributed by atoms with Crippen LogP contribution in [-0.2, 0) is 6.54 Å². The molecule has 0 amide bonds. The third kappa shape index (κ3) is 3.33. The number of fused-ring (bicyclic) bond motifs is 1. The summed E-state index contributed by atoms with van der Waals surface area (Å²) in [5, 5.41) is 7.44. The maximum Gasteiger partial charge on any atom is 0.151 e. The molecule has 0 aliphatic carbocycles. The number of nitrogens with one attached hydrogen (secondary N) is 1. The van der Waals surface area contributed by atoms with Gasteiger partial charge in [0, 0.05) is 23.8 Å². The van der Waals surface area contributed by atoms with E-state index in [4.69, 9.17) is 0 Å². The monoisotopic (exact) mass is 366 g/mol. The van der Waals surface area contributed by atoms with E-state index in [2.05, 4.69) is 25.4 Å². The lowest BCUT2D eigenvalue weighted by Crippen LogP contribution is -2.04. The second kappa shape index (κ2) is 7.06. The lowest BCUT2D eigenvalue weighted by Gasteiger charge is -2.11. The molecule has 0 saturated heterocycles. The zero-order valence-corrected chi connectivity index (χ0v) is 14.5. The maximum atomic E-state index is 14.1. The molecule has 0 radical (unpaired) electrons. The van der Waals surface area contributed by atoms with E-state index in [0.29, 0.717) is 28.1 Å². The molecule has 6 nitrogen and oxygen atoms in total. The third-order valence-electron chi connectivity index (χ3n) is 4.09. The van der Waals surface area contributed by atoms with E-state index in [9.17, 15) is 8.78 Å². The summed E-state index contributed by atoms with van der Waals surface area (Å²) < 4.78 is 28.5. The highest BCUT2D eigenvalue weighted by Gasteiger charge is 2.12. The Labute approximate surface area is 153 Å². The number of hydrogen-bond donors (Lipinski definition) is 1. The Hall–Kier alpha value is -3.42. The summed E-state index contributed by atoms with van der Waals surface area (Å²) in [4.78, 5) is 12.7. The van der Waals surface area contributed by atoms with Crippen molar-refractivity contribution in [2.45, 2.75) is 13.5 Å². The van der Waals surface area contributed by atoms with E-state index in [1.807, 2.05) is 0 Å². The summed E-state index contributed by atoms with van der Waals surface area (Å²) in [7, 11) is 0. The minimum absolute atomic E-state index is 0.143. The Morgan fingerprint density at radius 2 is 1.96 bits per heavy atom. The van der Waals surface area contributed by atoms with Gasteiger partial charge in [0.2, 0.25) is 0 Å². The quantitative estimate of drug-likeness (QED) is 0.577. The van der Waals surface area contributed by atoms with Gasteiger partial charge in [-0.05, 0) is 37.3 Å². The average Bonchev–Trinajstić information content (AvgIpc) is 3.08. The molecule has 0 spiro atoms. The van der Waals surface area contributed by atoms with Crippen molar-refractivity contribution in [2.24, 2.45) is 0 Å². The van der Waals surface area contributed by atoms with E-state index in [1.54, 1.807) is 54.5 Å². The third-order valence-corrected chi connectivity index (χ3v) is 4.09. The number of anilines is 2. The number of pyridine rings is 3. The first-order chi connectivity index (χ1) is 13.2. The number of aromatic nitrogens is 5. The predicted octanol–water partition coefficient (Wildman–Crippen LogP) is 4.05. The number of halogens is 2. The van der Waals surface area contributed by atoms with E-state index in [0.717, 1.165) is 5.69 Å². The topological polar surface area (TPSA) is 68.5 Å². The van der Waals surface area contributed by atoms with Crippen LogP contribution in [0.5, 0.6) is 0 Å². The van der Waals surface area contributed by atoms with Crippen molar-refractivity contribution < 1.29 is 8.78 Å². The summed E-state index contributed by atoms with van der Waals surface area (Å²) in [5.74, 6) is -0.433. The van der Waals surface area contributed by atoms with E-state index in [-0.39, 0.29) is 12.2 Å². The van der Waals surface area contributed by atoms with Gasteiger partial charge in [0.05, 0.1) is 24.1 Å². The van der Waals surface area contributed by atoms with Crippen LogP contribution in [-0.4, -0.2) is 31.4 Å². The average molecular weight is 366 g/mol. The summed E-state index contributed by atoms with van der Waals surface area (Å²) in [6.45, 7) is 1.41. The van der Waals surface area contributed by atoms with Gasteiger partial charge < -0.3 is 5.32 Å². The van der Waals surface area contributed by atoms with Crippen LogP contribution in [0.15, 0.2) is 48.9 Å². The SMILES string of the molecule is Cc1ccc(F)c(-c2cc(Nc3ccnc4cnn(CCF)c34)ccn2)n1. The van der Waals surface area contributed by atoms with Gasteiger partial charge in [0.15, 0.2) is 5.82 Å². The Kier molecular flexibility index (Phi) is 4.45. The molecular weight excluding hydrogens is 350 g/mol. The molecule has 0 atom stereocenters. The number of aryl methyl sites for hydroxylation is 2. The van der Waals surface area contributed by atoms with Crippen molar-refractivity contribution in [3.8, 4) is 11.4 Å². The number of alkyl halides is 1. The summed E-state index contributed by atoms with van der Waals surface area (Å²) >= 11 is 0. The molecule has 0 fully saturated rings. The molecule has 136 valence electrons. The summed E-state index contributed by atoms with van der Waals surface area (Å²) in [5.41, 5.74) is 4.11. The standard InChI is InChI=1S/C19H16F2N6/c1-12-2-3-14(21)18(25-12)16-10-13(4-7-22-16)26-15-5-8-23-17-11-24-27(9-6-20)19(15)17/h2-5,7-8,10-11H,6,9H2,1H3,(H,22,23,26). The van der Waals surface area contributed by atoms with Crippen molar-refractivity contribution in [2.75, 3.05) is 12.0 Å². The smallest absolute Gasteiger partial charge is 0.151 e. The zero-order valence-electron chi connectivity index (χ0n) is 14.5. The molecule has 4 heterocycles. The molecule has 0 saturated carbocycles. The fraction of sp³-hybridized carbons (Fsp3) is 0.158. The zero-order chi connectivity index (χ0) is 18.8. The normalized spacial score (nSPS) is 11.1. The van der Waals surface area contributed by atoms with Gasteiger partial charge in [-0.25, -0.2) is 13.8 Å². The highest BCUT2D eigenvalue weighted by atomic mass is 19.1. The highest BCUT2D eigenvalue weighted by Crippen LogP contribution is 2.27. The summed E-state index contributed by atoms with van der Waals surface area (Å²) in [6.07, 6.45) is 4.83. The van der Waals surface area contributed by atoms with Gasteiger partial charge in [0.25, 0.3) is 0 Å². The molecular formula is C19H16F2N6. The van der Waals surface area contributed by atoms with Gasteiger partial charge >= 0.3 is 0 Å². The van der Waals surface area contributed by atoms with Crippen molar-refractivity contribution in [3.63, 3.8) is 0 Å². The Morgan fingerprint density at radius 3 is 2.81 bits per heavy atom. The van der Waals surface area contributed by atoms with Crippen LogP contribution < -0.4 is 5.32 Å². The molecule has 0 bridgehead atoms. The molecule has 0 aliphatic heterocycles. The van der Waals surface area contributed by atoms with Crippen LogP contribution in [0.25, 0.3) is 22.4 Å². The number of hydrogen-bond acceptors (Lipinski definition) is 5. The van der Waals surface area contributed by atoms with E-state index < -0.39 is 12.5 Å². The first-order valence-corrected chi connectivity index (χ1v) is 8.39. The molecule has 1 N–H and O–H groups in total. The molecule has 8 heteroatoms. The van der Waals surface area contributed by atoms with Crippen LogP contribution in [0.1, 0.15) is 5.69 Å². The lowest BCUT2D eigenvalue weighted by molar-refractivity contribution is 0.433. The first-order valence-electron chi connectivity index (χ1n) is 8.39. The fourth-order valence-electron chi connectivity index (χ4n) is 2.88. The van der Waals surface area contributed by atoms with Gasteiger partial charge in [-0.15, -0.1) is 0 Å². The molecule has 27 heavy (non-hydrogen) atoms. The van der Waals surface area contributed by atoms with Gasteiger partial charge in [-0.2, -0.15) is 5.10 Å². The van der Waals surface area contributed by atoms with Crippen LogP contribution in [0, 0.1) is 12.7 Å². The predicted molar refractivity (Wildman–Crippen MR) is 98.9 cm³/mol. The van der Waals surface area contributed by atoms with Crippen LogP contribution in [0.4, 0.5) is 20.2 Å². The van der Waals surface area contributed by atoms with Crippen molar-refractivity contribution >= 4 is 22.4 Å². The fourth-order valence-corrected chi connectivity index (χ4v) is 2.88. The maximum absolute atomic E-state index is 14.1. The van der Waals surface area contributed by atoms with Crippen molar-refractivity contribution in [1.29, 1.82) is 0 Å². The van der Waals surface area contributed by atoms with Crippen LogP contribution in [0.2, 0.25) is 0 Å². The van der Waals surface area contributed by atoms with Crippen molar-refractivity contribution in [1.82, 2.24) is 24.7 Å². The first kappa shape index (κ1) is 17.0. The minimum atomic E-state index is -0.525. The van der Waals surface area contributed by atoms with Crippen molar-refractivity contribution in [3.05, 3.63) is 60.4 Å². The largest absolute Gasteiger partial charge is 0.354 e. The second-order valence-corrected chi connectivity index (χ2v) is 5.99.